The van der Waals surface area contributed by atoms with Crippen molar-refractivity contribution in [2.75, 3.05) is 31.7 Å². The Bertz CT molecular complexity index is 2100. The number of rotatable bonds is 13. The van der Waals surface area contributed by atoms with Crippen LogP contribution < -0.4 is 34.0 Å². The molecule has 1 aromatic heterocycles. The molecule has 0 unspecified atom stereocenters. The van der Waals surface area contributed by atoms with Gasteiger partial charge >= 0.3 is 5.97 Å². The van der Waals surface area contributed by atoms with Crippen molar-refractivity contribution in [3.05, 3.63) is 112 Å². The average molecular weight is 739 g/mol. The third kappa shape index (κ3) is 7.88. The second-order valence-electron chi connectivity index (χ2n) is 11.8. The Labute approximate surface area is 306 Å². The van der Waals surface area contributed by atoms with E-state index in [0.717, 1.165) is 24.3 Å². The summed E-state index contributed by atoms with van der Waals surface area (Å²) in [5.41, 5.74) is 3.54. The Morgan fingerprint density at radius 3 is 2.44 bits per heavy atom. The first-order valence-electron chi connectivity index (χ1n) is 16.5. The molecule has 2 heterocycles. The van der Waals surface area contributed by atoms with Crippen LogP contribution in [0.2, 0.25) is 10.0 Å². The van der Waals surface area contributed by atoms with E-state index in [1.807, 2.05) is 44.2 Å². The molecule has 0 radical (unpaired) electrons. The number of nitrogens with zero attached hydrogens (tertiary/aromatic N) is 3. The summed E-state index contributed by atoms with van der Waals surface area (Å²) in [5, 5.41) is 1.04. The summed E-state index contributed by atoms with van der Waals surface area (Å²) < 4.78 is 25.4. The first-order chi connectivity index (χ1) is 24.0. The van der Waals surface area contributed by atoms with Crippen LogP contribution in [0.3, 0.4) is 0 Å². The van der Waals surface area contributed by atoms with Gasteiger partial charge in [0.1, 0.15) is 12.4 Å². The second-order valence-corrected chi connectivity index (χ2v) is 13.7. The molecular formula is C38H41Cl2N3O6S. The second kappa shape index (κ2) is 16.2. The number of hydrogen-bond donors (Lipinski definition) is 0. The largest absolute Gasteiger partial charge is 0.493 e. The summed E-state index contributed by atoms with van der Waals surface area (Å²) in [5.74, 6) is 1.07. The number of hydrogen-bond acceptors (Lipinski definition) is 9. The molecule has 0 aliphatic carbocycles. The standard InChI is InChI=1S/C38H41Cl2N3O6S/c1-8-42(9-2)28-15-12-24(31(20-28)48-21-26-11-14-27(39)19-29(26)40)18-33-36(44)43-35(25-13-16-30(49-22(4)5)32(17-25)46-7)34(37(45)47-10-3)23(6)41-38(43)50-33/h11-20,22,35H,8-10,21H2,1-7H3/b33-18+/t35-/m0/s1. The Morgan fingerprint density at radius 1 is 1.02 bits per heavy atom. The fourth-order valence-corrected chi connectivity index (χ4v) is 7.30. The van der Waals surface area contributed by atoms with Crippen LogP contribution in [0.15, 0.2) is 75.7 Å². The lowest BCUT2D eigenvalue weighted by atomic mass is 9.95. The van der Waals surface area contributed by atoms with E-state index in [1.54, 1.807) is 55.9 Å². The number of carbonyl (C=O) groups excluding carboxylic acids is 1. The Balaban J connectivity index is 1.66. The van der Waals surface area contributed by atoms with Crippen molar-refractivity contribution in [1.29, 1.82) is 0 Å². The first-order valence-corrected chi connectivity index (χ1v) is 18.1. The van der Waals surface area contributed by atoms with Crippen LogP contribution in [-0.2, 0) is 16.1 Å². The highest BCUT2D eigenvalue weighted by Gasteiger charge is 2.34. The van der Waals surface area contributed by atoms with Gasteiger partial charge in [0.25, 0.3) is 5.56 Å². The number of benzene rings is 3. The topological polar surface area (TPSA) is 91.6 Å². The van der Waals surface area contributed by atoms with Crippen LogP contribution in [-0.4, -0.2) is 43.4 Å². The third-order valence-corrected chi connectivity index (χ3v) is 9.76. The Kier molecular flexibility index (Phi) is 12.0. The number of esters is 1. The predicted molar refractivity (Wildman–Crippen MR) is 200 cm³/mol. The average Bonchev–Trinajstić information content (AvgIpc) is 3.38. The SMILES string of the molecule is CCOC(=O)C1=C(C)N=c2s/c(=C/c3ccc(N(CC)CC)cc3OCc3ccc(Cl)cc3Cl)c(=O)n2[C@H]1c1ccc(OC(C)C)c(OC)c1. The van der Waals surface area contributed by atoms with Gasteiger partial charge in [-0.2, -0.15) is 0 Å². The summed E-state index contributed by atoms with van der Waals surface area (Å²) in [7, 11) is 1.55. The molecule has 0 bridgehead atoms. The van der Waals surface area contributed by atoms with E-state index in [2.05, 4.69) is 18.7 Å². The van der Waals surface area contributed by atoms with Crippen LogP contribution in [0.25, 0.3) is 6.08 Å². The molecule has 0 saturated heterocycles. The van der Waals surface area contributed by atoms with Crippen LogP contribution in [0.4, 0.5) is 5.69 Å². The number of halogens is 2. The molecule has 5 rings (SSSR count). The van der Waals surface area contributed by atoms with Crippen molar-refractivity contribution < 1.29 is 23.7 Å². The highest BCUT2D eigenvalue weighted by atomic mass is 35.5. The zero-order valence-corrected chi connectivity index (χ0v) is 31.5. The van der Waals surface area contributed by atoms with Gasteiger partial charge in [-0.25, -0.2) is 9.79 Å². The maximum absolute atomic E-state index is 14.4. The van der Waals surface area contributed by atoms with E-state index < -0.39 is 12.0 Å². The number of fused-ring (bicyclic) bond motifs is 1. The summed E-state index contributed by atoms with van der Waals surface area (Å²) in [6, 6.07) is 15.8. The number of carbonyl (C=O) groups is 1. The van der Waals surface area contributed by atoms with Crippen LogP contribution in [0, 0.1) is 0 Å². The maximum atomic E-state index is 14.4. The number of allylic oxidation sites excluding steroid dienone is 1. The van der Waals surface area contributed by atoms with E-state index in [4.69, 9.17) is 47.1 Å². The number of thiazole rings is 1. The van der Waals surface area contributed by atoms with Gasteiger partial charge in [0.2, 0.25) is 0 Å². The summed E-state index contributed by atoms with van der Waals surface area (Å²) in [4.78, 5) is 35.2. The van der Waals surface area contributed by atoms with Gasteiger partial charge < -0.3 is 23.8 Å². The van der Waals surface area contributed by atoms with Gasteiger partial charge in [-0.3, -0.25) is 9.36 Å². The fourth-order valence-electron chi connectivity index (χ4n) is 5.80. The lowest BCUT2D eigenvalue weighted by molar-refractivity contribution is -0.139. The lowest BCUT2D eigenvalue weighted by Crippen LogP contribution is -2.40. The summed E-state index contributed by atoms with van der Waals surface area (Å²) in [6.45, 7) is 13.5. The number of aromatic nitrogens is 1. The van der Waals surface area contributed by atoms with Crippen molar-refractivity contribution in [3.63, 3.8) is 0 Å². The molecule has 1 atom stereocenters. The van der Waals surface area contributed by atoms with Crippen molar-refractivity contribution in [2.24, 2.45) is 4.99 Å². The fraction of sp³-hybridized carbons (Fsp3) is 0.342. The van der Waals surface area contributed by atoms with Crippen molar-refractivity contribution in [3.8, 4) is 17.2 Å². The van der Waals surface area contributed by atoms with Gasteiger partial charge in [-0.1, -0.05) is 46.7 Å². The molecule has 4 aromatic rings. The van der Waals surface area contributed by atoms with Crippen molar-refractivity contribution in [2.45, 2.75) is 60.3 Å². The number of anilines is 1. The minimum Gasteiger partial charge on any atom is -0.493 e. The minimum absolute atomic E-state index is 0.0808. The molecule has 0 N–H and O–H groups in total. The molecule has 264 valence electrons. The van der Waals surface area contributed by atoms with Crippen LogP contribution >= 0.6 is 34.5 Å². The minimum atomic E-state index is -0.817. The molecule has 50 heavy (non-hydrogen) atoms. The maximum Gasteiger partial charge on any atom is 0.338 e. The quantitative estimate of drug-likeness (QED) is 0.133. The monoisotopic (exact) mass is 737 g/mol. The van der Waals surface area contributed by atoms with Gasteiger partial charge in [-0.15, -0.1) is 0 Å². The molecule has 0 amide bonds. The van der Waals surface area contributed by atoms with Gasteiger partial charge in [-0.05, 0) is 89.6 Å². The van der Waals surface area contributed by atoms with Gasteiger partial charge in [0.05, 0.1) is 41.7 Å². The molecule has 0 spiro atoms. The highest BCUT2D eigenvalue weighted by molar-refractivity contribution is 7.07. The predicted octanol–water partition coefficient (Wildman–Crippen LogP) is 7.33. The summed E-state index contributed by atoms with van der Waals surface area (Å²) >= 11 is 13.8. The van der Waals surface area contributed by atoms with E-state index in [1.165, 1.54) is 11.3 Å². The first kappa shape index (κ1) is 37.0. The zero-order valence-electron chi connectivity index (χ0n) is 29.2. The van der Waals surface area contributed by atoms with Gasteiger partial charge in [0.15, 0.2) is 16.3 Å². The molecule has 3 aromatic carbocycles. The Hall–Kier alpha value is -4.25. The normalized spacial score (nSPS) is 14.4. The molecule has 1 aliphatic rings. The van der Waals surface area contributed by atoms with Crippen LogP contribution in [0.1, 0.15) is 64.3 Å². The Morgan fingerprint density at radius 2 is 1.78 bits per heavy atom. The van der Waals surface area contributed by atoms with E-state index in [9.17, 15) is 9.59 Å². The third-order valence-electron chi connectivity index (χ3n) is 8.19. The van der Waals surface area contributed by atoms with E-state index >= 15 is 0 Å². The van der Waals surface area contributed by atoms with Gasteiger partial charge in [0, 0.05) is 46.0 Å². The summed E-state index contributed by atoms with van der Waals surface area (Å²) in [6.07, 6.45) is 1.72. The van der Waals surface area contributed by atoms with Crippen LogP contribution in [0.5, 0.6) is 17.2 Å². The molecule has 9 nitrogen and oxygen atoms in total. The molecule has 0 saturated carbocycles. The highest BCUT2D eigenvalue weighted by Crippen LogP contribution is 2.37. The molecule has 1 aliphatic heterocycles. The zero-order chi connectivity index (χ0) is 36.1. The molecule has 0 fully saturated rings. The molecular weight excluding hydrogens is 697 g/mol. The number of methoxy groups -OCH3 is 1. The van der Waals surface area contributed by atoms with Crippen molar-refractivity contribution in [1.82, 2.24) is 4.57 Å². The van der Waals surface area contributed by atoms with Crippen molar-refractivity contribution >= 4 is 52.3 Å². The van der Waals surface area contributed by atoms with E-state index in [-0.39, 0.29) is 30.5 Å². The molecule has 12 heteroatoms. The lowest BCUT2D eigenvalue weighted by Gasteiger charge is -2.25. The number of ether oxygens (including phenoxy) is 4. The van der Waals surface area contributed by atoms with E-state index in [0.29, 0.717) is 53.5 Å². The smallest absolute Gasteiger partial charge is 0.338 e.